The summed E-state index contributed by atoms with van der Waals surface area (Å²) in [6.45, 7) is 4.32. The molecule has 0 N–H and O–H groups in total. The Hall–Kier alpha value is -0.390. The molecule has 0 bridgehead atoms. The predicted molar refractivity (Wildman–Crippen MR) is 60.3 cm³/mol. The normalized spacial score (nSPS) is 38.6. The van der Waals surface area contributed by atoms with E-state index in [0.29, 0.717) is 13.0 Å². The summed E-state index contributed by atoms with van der Waals surface area (Å²) in [4.78, 5) is 0. The van der Waals surface area contributed by atoms with Crippen LogP contribution < -0.4 is 0 Å². The number of fused-ring (bicyclic) bond motifs is 1. The fourth-order valence-corrected chi connectivity index (χ4v) is 3.90. The van der Waals surface area contributed by atoms with Gasteiger partial charge in [0, 0.05) is 11.8 Å². The molecule has 0 spiro atoms. The first-order chi connectivity index (χ1) is 7.43. The maximum atomic E-state index is 11.3. The Kier molecular flexibility index (Phi) is 2.88. The minimum atomic E-state index is -3.49. The van der Waals surface area contributed by atoms with Crippen LogP contribution in [0.4, 0.5) is 0 Å². The van der Waals surface area contributed by atoms with Crippen molar-refractivity contribution >= 4 is 10.1 Å². The first-order valence-electron chi connectivity index (χ1n) is 5.59. The smallest absolute Gasteiger partial charge is 0.267 e. The van der Waals surface area contributed by atoms with Crippen molar-refractivity contribution < 1.29 is 17.3 Å². The topological polar surface area (TPSA) is 52.6 Å². The van der Waals surface area contributed by atoms with Gasteiger partial charge in [-0.05, 0) is 25.7 Å². The second-order valence-corrected chi connectivity index (χ2v) is 6.34. The molecular formula is C11H18O4S. The maximum Gasteiger partial charge on any atom is 0.267 e. The molecule has 1 aliphatic carbocycles. The van der Waals surface area contributed by atoms with E-state index in [2.05, 4.69) is 6.58 Å². The third kappa shape index (κ3) is 1.81. The highest BCUT2D eigenvalue weighted by Crippen LogP contribution is 2.58. The molecule has 92 valence electrons. The van der Waals surface area contributed by atoms with Crippen LogP contribution in [-0.4, -0.2) is 27.1 Å². The summed E-state index contributed by atoms with van der Waals surface area (Å²) in [6, 6.07) is 0. The summed E-state index contributed by atoms with van der Waals surface area (Å²) in [6.07, 6.45) is 7.09. The van der Waals surface area contributed by atoms with Crippen molar-refractivity contribution in [2.24, 2.45) is 5.41 Å². The van der Waals surface area contributed by atoms with E-state index in [1.54, 1.807) is 0 Å². The van der Waals surface area contributed by atoms with E-state index in [9.17, 15) is 8.42 Å². The lowest BCUT2D eigenvalue weighted by Gasteiger charge is -2.37. The number of rotatable bonds is 4. The zero-order valence-corrected chi connectivity index (χ0v) is 10.4. The minimum Gasteiger partial charge on any atom is -0.348 e. The SMILES string of the molecule is C=CCC12CCCC1(OS(C)(=O)=O)OCC2. The minimum absolute atomic E-state index is 0.183. The fourth-order valence-electron chi connectivity index (χ4n) is 3.10. The summed E-state index contributed by atoms with van der Waals surface area (Å²) in [7, 11) is -3.49. The molecule has 16 heavy (non-hydrogen) atoms. The molecule has 1 heterocycles. The molecule has 1 saturated carbocycles. The van der Waals surface area contributed by atoms with E-state index in [1.165, 1.54) is 0 Å². The van der Waals surface area contributed by atoms with Crippen molar-refractivity contribution in [2.45, 2.75) is 37.9 Å². The number of ether oxygens (including phenoxy) is 1. The molecule has 2 rings (SSSR count). The molecule has 2 fully saturated rings. The van der Waals surface area contributed by atoms with Gasteiger partial charge in [0.2, 0.25) is 0 Å². The van der Waals surface area contributed by atoms with Crippen molar-refractivity contribution in [3.8, 4) is 0 Å². The Bertz CT molecular complexity index is 375. The van der Waals surface area contributed by atoms with E-state index in [-0.39, 0.29) is 5.41 Å². The summed E-state index contributed by atoms with van der Waals surface area (Å²) < 4.78 is 33.6. The number of allylic oxidation sites excluding steroid dienone is 1. The highest BCUT2D eigenvalue weighted by Gasteiger charge is 2.61. The number of hydrogen-bond acceptors (Lipinski definition) is 4. The van der Waals surface area contributed by atoms with Crippen LogP contribution in [0.15, 0.2) is 12.7 Å². The van der Waals surface area contributed by atoms with Crippen molar-refractivity contribution in [2.75, 3.05) is 12.9 Å². The Morgan fingerprint density at radius 3 is 2.81 bits per heavy atom. The summed E-state index contributed by atoms with van der Waals surface area (Å²) in [5, 5.41) is 0. The fraction of sp³-hybridized carbons (Fsp3) is 0.818. The summed E-state index contributed by atoms with van der Waals surface area (Å²) >= 11 is 0. The van der Waals surface area contributed by atoms with Gasteiger partial charge in [0.25, 0.3) is 10.1 Å². The van der Waals surface area contributed by atoms with Gasteiger partial charge in [-0.2, -0.15) is 8.42 Å². The highest BCUT2D eigenvalue weighted by atomic mass is 32.2. The van der Waals surface area contributed by atoms with Crippen molar-refractivity contribution in [3.05, 3.63) is 12.7 Å². The lowest BCUT2D eigenvalue weighted by molar-refractivity contribution is -0.187. The molecule has 1 saturated heterocycles. The van der Waals surface area contributed by atoms with Gasteiger partial charge in [0.1, 0.15) is 0 Å². The van der Waals surface area contributed by atoms with Crippen LogP contribution in [0.25, 0.3) is 0 Å². The van der Waals surface area contributed by atoms with Crippen molar-refractivity contribution in [1.82, 2.24) is 0 Å². The average molecular weight is 246 g/mol. The quantitative estimate of drug-likeness (QED) is 0.561. The van der Waals surface area contributed by atoms with Crippen LogP contribution >= 0.6 is 0 Å². The third-order valence-corrected chi connectivity index (χ3v) is 4.28. The maximum absolute atomic E-state index is 11.3. The standard InChI is InChI=1S/C11H18O4S/c1-3-5-10-6-4-7-11(10,14-9-8-10)15-16(2,12)13/h3H,1,4-9H2,2H3. The van der Waals surface area contributed by atoms with Crippen molar-refractivity contribution in [1.29, 1.82) is 0 Å². The molecule has 0 aromatic carbocycles. The third-order valence-electron chi connectivity index (χ3n) is 3.71. The second kappa shape index (κ2) is 3.82. The molecule has 0 aromatic heterocycles. The van der Waals surface area contributed by atoms with Gasteiger partial charge in [-0.25, -0.2) is 4.18 Å². The van der Waals surface area contributed by atoms with Gasteiger partial charge in [0.15, 0.2) is 5.79 Å². The first-order valence-corrected chi connectivity index (χ1v) is 7.40. The van der Waals surface area contributed by atoms with Crippen LogP contribution in [0.1, 0.15) is 32.1 Å². The monoisotopic (exact) mass is 246 g/mol. The van der Waals surface area contributed by atoms with Crippen LogP contribution in [0.3, 0.4) is 0 Å². The lowest BCUT2D eigenvalue weighted by atomic mass is 9.77. The first kappa shape index (κ1) is 12.1. The second-order valence-electron chi connectivity index (χ2n) is 4.77. The van der Waals surface area contributed by atoms with E-state index in [0.717, 1.165) is 31.9 Å². The zero-order chi connectivity index (χ0) is 11.9. The Labute approximate surface area is 96.7 Å². The average Bonchev–Trinajstić information content (AvgIpc) is 2.56. The van der Waals surface area contributed by atoms with Crippen molar-refractivity contribution in [3.63, 3.8) is 0 Å². The van der Waals surface area contributed by atoms with Crippen LogP contribution in [0, 0.1) is 5.41 Å². The van der Waals surface area contributed by atoms with Gasteiger partial charge in [-0.1, -0.05) is 6.08 Å². The van der Waals surface area contributed by atoms with Crippen LogP contribution in [-0.2, 0) is 19.0 Å². The molecule has 1 aliphatic heterocycles. The largest absolute Gasteiger partial charge is 0.348 e. The van der Waals surface area contributed by atoms with Crippen LogP contribution in [0.5, 0.6) is 0 Å². The molecule has 0 radical (unpaired) electrons. The van der Waals surface area contributed by atoms with Gasteiger partial charge in [0.05, 0.1) is 12.9 Å². The Morgan fingerprint density at radius 1 is 1.44 bits per heavy atom. The molecule has 2 unspecified atom stereocenters. The Balaban J connectivity index is 2.33. The van der Waals surface area contributed by atoms with Gasteiger partial charge < -0.3 is 4.74 Å². The molecule has 4 nitrogen and oxygen atoms in total. The van der Waals surface area contributed by atoms with Gasteiger partial charge in [-0.3, -0.25) is 0 Å². The predicted octanol–water partition coefficient (Wildman–Crippen LogP) is 1.83. The number of hydrogen-bond donors (Lipinski definition) is 0. The molecule has 2 atom stereocenters. The zero-order valence-electron chi connectivity index (χ0n) is 9.57. The van der Waals surface area contributed by atoms with E-state index < -0.39 is 15.9 Å². The van der Waals surface area contributed by atoms with Gasteiger partial charge in [-0.15, -0.1) is 6.58 Å². The highest BCUT2D eigenvalue weighted by molar-refractivity contribution is 7.86. The lowest BCUT2D eigenvalue weighted by Crippen LogP contribution is -2.44. The molecular weight excluding hydrogens is 228 g/mol. The van der Waals surface area contributed by atoms with E-state index >= 15 is 0 Å². The molecule has 0 amide bonds. The van der Waals surface area contributed by atoms with E-state index in [1.807, 2.05) is 6.08 Å². The van der Waals surface area contributed by atoms with E-state index in [4.69, 9.17) is 8.92 Å². The molecule has 0 aromatic rings. The summed E-state index contributed by atoms with van der Waals surface area (Å²) in [5.41, 5.74) is -0.183. The van der Waals surface area contributed by atoms with Crippen LogP contribution in [0.2, 0.25) is 0 Å². The summed E-state index contributed by atoms with van der Waals surface area (Å²) in [5.74, 6) is -0.922. The van der Waals surface area contributed by atoms with Gasteiger partial charge >= 0.3 is 0 Å². The Morgan fingerprint density at radius 2 is 2.19 bits per heavy atom. The molecule has 5 heteroatoms. The molecule has 2 aliphatic rings.